The molecule has 2 N–H and O–H groups in total. The lowest BCUT2D eigenvalue weighted by Crippen LogP contribution is -2.45. The lowest BCUT2D eigenvalue weighted by Gasteiger charge is -2.35. The van der Waals surface area contributed by atoms with E-state index in [-0.39, 0.29) is 39.6 Å². The molecule has 176 valence electrons. The fraction of sp³-hybridized carbons (Fsp3) is 0.435. The molecular formula is C23H28N4O5S. The van der Waals surface area contributed by atoms with Gasteiger partial charge >= 0.3 is 0 Å². The smallest absolute Gasteiger partial charge is 0.273 e. The third kappa shape index (κ3) is 4.39. The number of benzene rings is 1. The van der Waals surface area contributed by atoms with Crippen molar-refractivity contribution in [2.24, 2.45) is 11.3 Å². The lowest BCUT2D eigenvalue weighted by atomic mass is 9.91. The molecular weight excluding hydrogens is 444 g/mol. The summed E-state index contributed by atoms with van der Waals surface area (Å²) in [5.74, 6) is -0.513. The minimum Gasteiger partial charge on any atom is -0.352 e. The number of aromatic nitrogens is 1. The first-order valence-corrected chi connectivity index (χ1v) is 12.4. The number of nitrogens with one attached hydrogen (secondary N) is 2. The average Bonchev–Trinajstić information content (AvgIpc) is 3.25. The van der Waals surface area contributed by atoms with Gasteiger partial charge in [0.25, 0.3) is 21.8 Å². The number of hydrogen-bond acceptors (Lipinski definition) is 5. The summed E-state index contributed by atoms with van der Waals surface area (Å²) in [5.41, 5.74) is -0.0624. The quantitative estimate of drug-likeness (QED) is 0.711. The molecule has 0 radical (unpaired) electrons. The van der Waals surface area contributed by atoms with E-state index in [2.05, 4.69) is 10.6 Å². The average molecular weight is 473 g/mol. The molecule has 2 aliphatic heterocycles. The third-order valence-corrected chi connectivity index (χ3v) is 7.82. The van der Waals surface area contributed by atoms with Gasteiger partial charge in [-0.1, -0.05) is 20.8 Å². The molecule has 0 atom stereocenters. The Hall–Kier alpha value is -3.14. The number of nitrogens with zero attached hydrogens (tertiary/aromatic N) is 2. The minimum atomic E-state index is -3.95. The van der Waals surface area contributed by atoms with Gasteiger partial charge in [0.05, 0.1) is 5.69 Å². The summed E-state index contributed by atoms with van der Waals surface area (Å²) in [6, 6.07) is 7.08. The molecule has 1 saturated heterocycles. The topological polar surface area (TPSA) is 118 Å². The number of likely N-dealkylation sites (tertiary alicyclic amines) is 1. The van der Waals surface area contributed by atoms with Crippen LogP contribution in [0, 0.1) is 11.3 Å². The van der Waals surface area contributed by atoms with Crippen molar-refractivity contribution in [1.82, 2.24) is 14.2 Å². The van der Waals surface area contributed by atoms with E-state index in [9.17, 15) is 22.8 Å². The van der Waals surface area contributed by atoms with Gasteiger partial charge in [-0.05, 0) is 49.1 Å². The zero-order chi connectivity index (χ0) is 24.0. The monoisotopic (exact) mass is 472 g/mol. The Morgan fingerprint density at radius 2 is 1.85 bits per heavy atom. The molecule has 33 heavy (non-hydrogen) atoms. The minimum absolute atomic E-state index is 0.00786. The SMILES string of the molecule is CC(C)(C)C(=O)N1CCC(CNC(=O)c2ccc3c(c2)NC(=O)c2cccn2S3(=O)=O)CC1. The van der Waals surface area contributed by atoms with Crippen molar-refractivity contribution in [3.05, 3.63) is 47.8 Å². The van der Waals surface area contributed by atoms with Gasteiger partial charge in [-0.25, -0.2) is 12.4 Å². The van der Waals surface area contributed by atoms with Crippen LogP contribution in [0.1, 0.15) is 54.5 Å². The Bertz CT molecular complexity index is 1220. The van der Waals surface area contributed by atoms with Crippen LogP contribution in [0.4, 0.5) is 5.69 Å². The van der Waals surface area contributed by atoms with Crippen LogP contribution in [0.2, 0.25) is 0 Å². The summed E-state index contributed by atoms with van der Waals surface area (Å²) in [7, 11) is -3.95. The summed E-state index contributed by atoms with van der Waals surface area (Å²) in [6.07, 6.45) is 2.93. The summed E-state index contributed by atoms with van der Waals surface area (Å²) in [6.45, 7) is 7.53. The Morgan fingerprint density at radius 1 is 1.15 bits per heavy atom. The number of fused-ring (bicyclic) bond motifs is 2. The molecule has 4 rings (SSSR count). The second kappa shape index (κ2) is 8.33. The largest absolute Gasteiger partial charge is 0.352 e. The van der Waals surface area contributed by atoms with E-state index in [1.807, 2.05) is 25.7 Å². The summed E-state index contributed by atoms with van der Waals surface area (Å²) in [4.78, 5) is 39.4. The van der Waals surface area contributed by atoms with E-state index in [1.165, 1.54) is 36.5 Å². The van der Waals surface area contributed by atoms with Crippen LogP contribution < -0.4 is 10.6 Å². The van der Waals surface area contributed by atoms with Crippen LogP contribution in [-0.2, 0) is 14.8 Å². The molecule has 1 aromatic carbocycles. The van der Waals surface area contributed by atoms with E-state index in [1.54, 1.807) is 0 Å². The van der Waals surface area contributed by atoms with Gasteiger partial charge in [-0.2, -0.15) is 0 Å². The number of piperidine rings is 1. The van der Waals surface area contributed by atoms with Gasteiger partial charge in [0.1, 0.15) is 10.6 Å². The highest BCUT2D eigenvalue weighted by Crippen LogP contribution is 2.30. The Kier molecular flexibility index (Phi) is 5.81. The van der Waals surface area contributed by atoms with E-state index in [0.717, 1.165) is 16.8 Å². The maximum atomic E-state index is 12.9. The fourth-order valence-electron chi connectivity index (χ4n) is 4.19. The highest BCUT2D eigenvalue weighted by atomic mass is 32.2. The molecule has 1 fully saturated rings. The highest BCUT2D eigenvalue weighted by Gasteiger charge is 2.32. The second-order valence-corrected chi connectivity index (χ2v) is 11.3. The first-order chi connectivity index (χ1) is 15.5. The summed E-state index contributed by atoms with van der Waals surface area (Å²) in [5, 5.41) is 5.49. The molecule has 2 aliphatic rings. The molecule has 2 aromatic rings. The Labute approximate surface area is 193 Å². The van der Waals surface area contributed by atoms with Gasteiger partial charge in [0.2, 0.25) is 5.91 Å². The normalized spacial score (nSPS) is 18.0. The van der Waals surface area contributed by atoms with Crippen LogP contribution in [0.5, 0.6) is 0 Å². The zero-order valence-corrected chi connectivity index (χ0v) is 19.7. The van der Waals surface area contributed by atoms with E-state index in [4.69, 9.17) is 0 Å². The second-order valence-electron chi connectivity index (χ2n) is 9.55. The zero-order valence-electron chi connectivity index (χ0n) is 18.9. The molecule has 0 saturated carbocycles. The van der Waals surface area contributed by atoms with Gasteiger partial charge in [0, 0.05) is 36.8 Å². The third-order valence-electron chi connectivity index (χ3n) is 6.07. The lowest BCUT2D eigenvalue weighted by molar-refractivity contribution is -0.140. The molecule has 0 spiro atoms. The number of carbonyl (C=O) groups excluding carboxylic acids is 3. The van der Waals surface area contributed by atoms with Crippen molar-refractivity contribution in [2.45, 2.75) is 38.5 Å². The summed E-state index contributed by atoms with van der Waals surface area (Å²) < 4.78 is 26.8. The molecule has 1 aromatic heterocycles. The maximum absolute atomic E-state index is 12.9. The number of anilines is 1. The standard InChI is InChI=1S/C23H28N4O5S/c1-23(2,3)22(30)26-11-8-15(9-12-26)14-24-20(28)16-6-7-19-17(13-16)25-21(29)18-5-4-10-27(18)33(19,31)32/h4-7,10,13,15H,8-9,11-12,14H2,1-3H3,(H,24,28)(H,25,29). The number of carbonyl (C=O) groups is 3. The molecule has 3 amide bonds. The van der Waals surface area contributed by atoms with Crippen molar-refractivity contribution in [3.8, 4) is 0 Å². The Morgan fingerprint density at radius 3 is 2.52 bits per heavy atom. The van der Waals surface area contributed by atoms with Gasteiger partial charge < -0.3 is 15.5 Å². The molecule has 10 heteroatoms. The molecule has 0 aliphatic carbocycles. The van der Waals surface area contributed by atoms with Crippen molar-refractivity contribution >= 4 is 33.4 Å². The van der Waals surface area contributed by atoms with E-state index >= 15 is 0 Å². The van der Waals surface area contributed by atoms with Crippen molar-refractivity contribution in [2.75, 3.05) is 25.0 Å². The molecule has 0 bridgehead atoms. The van der Waals surface area contributed by atoms with Crippen molar-refractivity contribution < 1.29 is 22.8 Å². The van der Waals surface area contributed by atoms with Crippen molar-refractivity contribution in [3.63, 3.8) is 0 Å². The number of hydrogen-bond donors (Lipinski definition) is 2. The van der Waals surface area contributed by atoms with Crippen LogP contribution in [0.25, 0.3) is 0 Å². The van der Waals surface area contributed by atoms with Crippen LogP contribution in [0.3, 0.4) is 0 Å². The van der Waals surface area contributed by atoms with E-state index in [0.29, 0.717) is 19.6 Å². The van der Waals surface area contributed by atoms with E-state index < -0.39 is 21.3 Å². The predicted octanol–water partition coefficient (Wildman–Crippen LogP) is 2.31. The van der Waals surface area contributed by atoms with Gasteiger partial charge in [-0.3, -0.25) is 14.4 Å². The summed E-state index contributed by atoms with van der Waals surface area (Å²) >= 11 is 0. The fourth-order valence-corrected chi connectivity index (χ4v) is 5.66. The first-order valence-electron chi connectivity index (χ1n) is 10.9. The Balaban J connectivity index is 1.41. The molecule has 3 heterocycles. The first kappa shape index (κ1) is 23.0. The van der Waals surface area contributed by atoms with Gasteiger partial charge in [-0.15, -0.1) is 0 Å². The highest BCUT2D eigenvalue weighted by molar-refractivity contribution is 7.90. The number of rotatable bonds is 3. The predicted molar refractivity (Wildman–Crippen MR) is 123 cm³/mol. The van der Waals surface area contributed by atoms with Crippen LogP contribution >= 0.6 is 0 Å². The maximum Gasteiger partial charge on any atom is 0.273 e. The molecule has 0 unspecified atom stereocenters. The van der Waals surface area contributed by atoms with Crippen LogP contribution in [0.15, 0.2) is 41.4 Å². The van der Waals surface area contributed by atoms with Crippen LogP contribution in [-0.4, -0.2) is 54.6 Å². The molecule has 9 nitrogen and oxygen atoms in total. The number of amides is 3. The van der Waals surface area contributed by atoms with Gasteiger partial charge in [0.15, 0.2) is 0 Å². The van der Waals surface area contributed by atoms with Crippen molar-refractivity contribution in [1.29, 1.82) is 0 Å².